The van der Waals surface area contributed by atoms with Crippen molar-refractivity contribution in [2.75, 3.05) is 13.7 Å². The first kappa shape index (κ1) is 20.1. The quantitative estimate of drug-likeness (QED) is 0.477. The number of nitrogens with zero attached hydrogens (tertiary/aromatic N) is 4. The molecule has 2 aromatic carbocycles. The van der Waals surface area contributed by atoms with Gasteiger partial charge in [-0.2, -0.15) is 0 Å². The molecule has 0 saturated heterocycles. The highest BCUT2D eigenvalue weighted by Crippen LogP contribution is 2.19. The summed E-state index contributed by atoms with van der Waals surface area (Å²) >= 11 is 6.31. The van der Waals surface area contributed by atoms with Crippen LogP contribution in [0.4, 0.5) is 0 Å². The molecule has 0 N–H and O–H groups in total. The lowest BCUT2D eigenvalue weighted by molar-refractivity contribution is 0.184. The van der Waals surface area contributed by atoms with Crippen LogP contribution in [0.3, 0.4) is 0 Å². The number of ether oxygens (including phenoxy) is 1. The molecule has 0 atom stereocenters. The van der Waals surface area contributed by atoms with Crippen molar-refractivity contribution in [2.24, 2.45) is 0 Å². The van der Waals surface area contributed by atoms with Crippen molar-refractivity contribution in [3.8, 4) is 5.69 Å². The fourth-order valence-corrected chi connectivity index (χ4v) is 3.61. The zero-order chi connectivity index (χ0) is 21.3. The van der Waals surface area contributed by atoms with Crippen molar-refractivity contribution in [2.45, 2.75) is 20.0 Å². The Morgan fingerprint density at radius 2 is 1.80 bits per heavy atom. The molecule has 2 heterocycles. The van der Waals surface area contributed by atoms with Gasteiger partial charge in [0.2, 0.25) is 0 Å². The Kier molecular flexibility index (Phi) is 5.57. The van der Waals surface area contributed by atoms with Crippen molar-refractivity contribution in [3.05, 3.63) is 91.8 Å². The summed E-state index contributed by atoms with van der Waals surface area (Å²) in [5.74, 6) is 0. The summed E-state index contributed by atoms with van der Waals surface area (Å²) < 4.78 is 9.49. The van der Waals surface area contributed by atoms with Crippen LogP contribution in [0, 0.1) is 6.92 Å². The van der Waals surface area contributed by atoms with E-state index in [1.165, 1.54) is 16.2 Å². The van der Waals surface area contributed by atoms with E-state index in [2.05, 4.69) is 4.98 Å². The topological polar surface area (TPSA) is 71.1 Å². The molecule has 8 heteroatoms. The van der Waals surface area contributed by atoms with Crippen LogP contribution in [0.2, 0.25) is 5.02 Å². The first-order chi connectivity index (χ1) is 14.5. The normalized spacial score (nSPS) is 11.3. The van der Waals surface area contributed by atoms with Gasteiger partial charge >= 0.3 is 5.69 Å². The molecule has 154 valence electrons. The number of aryl methyl sites for hydroxylation is 1. The number of benzene rings is 2. The number of fused-ring (bicyclic) bond motifs is 1. The Morgan fingerprint density at radius 1 is 1.07 bits per heavy atom. The van der Waals surface area contributed by atoms with Crippen molar-refractivity contribution in [3.63, 3.8) is 0 Å². The minimum Gasteiger partial charge on any atom is -0.383 e. The average molecular weight is 425 g/mol. The number of aromatic nitrogens is 4. The Hall–Kier alpha value is -3.16. The third kappa shape index (κ3) is 3.58. The second-order valence-corrected chi connectivity index (χ2v) is 7.45. The van der Waals surface area contributed by atoms with Crippen molar-refractivity contribution >= 4 is 22.8 Å². The predicted molar refractivity (Wildman–Crippen MR) is 117 cm³/mol. The van der Waals surface area contributed by atoms with Crippen LogP contribution < -0.4 is 11.2 Å². The van der Waals surface area contributed by atoms with Crippen molar-refractivity contribution in [1.82, 2.24) is 18.7 Å². The van der Waals surface area contributed by atoms with Crippen LogP contribution in [0.25, 0.3) is 16.9 Å². The Morgan fingerprint density at radius 3 is 2.50 bits per heavy atom. The van der Waals surface area contributed by atoms with E-state index in [1.54, 1.807) is 17.0 Å². The molecule has 2 aromatic heterocycles. The summed E-state index contributed by atoms with van der Waals surface area (Å²) in [6.07, 6.45) is 1.57. The van der Waals surface area contributed by atoms with E-state index in [0.717, 1.165) is 11.1 Å². The Labute approximate surface area is 177 Å². The fourth-order valence-electron chi connectivity index (χ4n) is 3.42. The van der Waals surface area contributed by atoms with Crippen LogP contribution in [0.5, 0.6) is 0 Å². The number of rotatable bonds is 6. The van der Waals surface area contributed by atoms with Crippen LogP contribution >= 0.6 is 11.6 Å². The number of halogens is 1. The number of hydrogen-bond donors (Lipinski definition) is 0. The third-order valence-corrected chi connectivity index (χ3v) is 5.38. The highest BCUT2D eigenvalue weighted by Gasteiger charge is 2.19. The molecule has 0 aliphatic heterocycles. The summed E-state index contributed by atoms with van der Waals surface area (Å²) in [4.78, 5) is 30.9. The van der Waals surface area contributed by atoms with E-state index >= 15 is 0 Å². The fraction of sp³-hybridized carbons (Fsp3) is 0.227. The SMILES string of the molecule is COCCn1c(=O)c2c(ncn2Cc2ccccc2Cl)n(-c2ccc(C)cc2)c1=O. The summed E-state index contributed by atoms with van der Waals surface area (Å²) in [6.45, 7) is 2.72. The standard InChI is InChI=1S/C22H21ClN4O3/c1-15-7-9-17(10-8-15)27-20-19(21(28)26(22(27)29)11-12-30-2)25(14-24-20)13-16-5-3-4-6-18(16)23/h3-10,14H,11-13H2,1-2H3. The first-order valence-electron chi connectivity index (χ1n) is 9.51. The lowest BCUT2D eigenvalue weighted by atomic mass is 10.2. The van der Waals surface area contributed by atoms with Gasteiger partial charge in [0, 0.05) is 12.1 Å². The predicted octanol–water partition coefficient (Wildman–Crippen LogP) is 3.01. The largest absolute Gasteiger partial charge is 0.383 e. The molecule has 0 aliphatic carbocycles. The molecule has 0 radical (unpaired) electrons. The van der Waals surface area contributed by atoms with Gasteiger partial charge in [-0.05, 0) is 30.7 Å². The maximum absolute atomic E-state index is 13.3. The van der Waals surface area contributed by atoms with Gasteiger partial charge in [-0.25, -0.2) is 14.3 Å². The number of methoxy groups -OCH3 is 1. The Balaban J connectivity index is 1.98. The highest BCUT2D eigenvalue weighted by atomic mass is 35.5. The molecular formula is C22H21ClN4O3. The minimum atomic E-state index is -0.448. The molecule has 7 nitrogen and oxygen atoms in total. The molecule has 0 fully saturated rings. The maximum Gasteiger partial charge on any atom is 0.337 e. The van der Waals surface area contributed by atoms with Gasteiger partial charge < -0.3 is 9.30 Å². The molecular weight excluding hydrogens is 404 g/mol. The van der Waals surface area contributed by atoms with Crippen LogP contribution in [0.1, 0.15) is 11.1 Å². The molecule has 4 aromatic rings. The van der Waals surface area contributed by atoms with Gasteiger partial charge in [0.1, 0.15) is 0 Å². The zero-order valence-electron chi connectivity index (χ0n) is 16.7. The summed E-state index contributed by atoms with van der Waals surface area (Å²) in [5, 5.41) is 0.603. The molecule has 0 saturated carbocycles. The molecule has 30 heavy (non-hydrogen) atoms. The van der Waals surface area contributed by atoms with Crippen molar-refractivity contribution < 1.29 is 4.74 Å². The zero-order valence-corrected chi connectivity index (χ0v) is 17.5. The van der Waals surface area contributed by atoms with Crippen LogP contribution in [0.15, 0.2) is 64.4 Å². The number of hydrogen-bond acceptors (Lipinski definition) is 4. The van der Waals surface area contributed by atoms with Gasteiger partial charge in [-0.15, -0.1) is 0 Å². The second-order valence-electron chi connectivity index (χ2n) is 7.04. The molecule has 0 spiro atoms. The van der Waals surface area contributed by atoms with E-state index in [4.69, 9.17) is 16.3 Å². The van der Waals surface area contributed by atoms with E-state index in [9.17, 15) is 9.59 Å². The number of imidazole rings is 1. The van der Waals surface area contributed by atoms with E-state index in [-0.39, 0.29) is 13.2 Å². The highest BCUT2D eigenvalue weighted by molar-refractivity contribution is 6.31. The van der Waals surface area contributed by atoms with Gasteiger partial charge in [-0.3, -0.25) is 9.36 Å². The van der Waals surface area contributed by atoms with Gasteiger partial charge in [0.05, 0.1) is 31.7 Å². The summed E-state index contributed by atoms with van der Waals surface area (Å²) in [6, 6.07) is 15.0. The smallest absolute Gasteiger partial charge is 0.337 e. The van der Waals surface area contributed by atoms with E-state index in [1.807, 2.05) is 49.4 Å². The minimum absolute atomic E-state index is 0.146. The van der Waals surface area contributed by atoms with Gasteiger partial charge in [0.15, 0.2) is 11.2 Å². The van der Waals surface area contributed by atoms with E-state index in [0.29, 0.717) is 28.4 Å². The molecule has 0 aliphatic rings. The first-order valence-corrected chi connectivity index (χ1v) is 9.89. The molecule has 0 unspecified atom stereocenters. The second kappa shape index (κ2) is 8.30. The van der Waals surface area contributed by atoms with Gasteiger partial charge in [-0.1, -0.05) is 47.5 Å². The molecule has 4 rings (SSSR count). The summed E-state index contributed by atoms with van der Waals surface area (Å²) in [5.41, 5.74) is 2.37. The lowest BCUT2D eigenvalue weighted by Crippen LogP contribution is -2.41. The van der Waals surface area contributed by atoms with Crippen LogP contribution in [-0.4, -0.2) is 32.4 Å². The Bertz CT molecular complexity index is 1320. The molecule has 0 bridgehead atoms. The maximum atomic E-state index is 13.3. The van der Waals surface area contributed by atoms with E-state index < -0.39 is 11.2 Å². The lowest BCUT2D eigenvalue weighted by Gasteiger charge is -2.13. The average Bonchev–Trinajstić information content (AvgIpc) is 3.14. The van der Waals surface area contributed by atoms with Crippen LogP contribution in [-0.2, 0) is 17.8 Å². The molecule has 0 amide bonds. The summed E-state index contributed by atoms with van der Waals surface area (Å²) in [7, 11) is 1.53. The van der Waals surface area contributed by atoms with Crippen molar-refractivity contribution in [1.29, 1.82) is 0 Å². The van der Waals surface area contributed by atoms with Gasteiger partial charge in [0.25, 0.3) is 5.56 Å². The monoisotopic (exact) mass is 424 g/mol. The third-order valence-electron chi connectivity index (χ3n) is 5.01.